The van der Waals surface area contributed by atoms with Gasteiger partial charge in [0.25, 0.3) is 5.84 Å². The van der Waals surface area contributed by atoms with Crippen LogP contribution in [-0.2, 0) is 26.3 Å². The molecule has 1 aliphatic heterocycles. The first-order valence-corrected chi connectivity index (χ1v) is 8.21. The summed E-state index contributed by atoms with van der Waals surface area (Å²) in [6.45, 7) is 3.14. The molecule has 0 radical (unpaired) electrons. The molecule has 0 unspecified atom stereocenters. The highest BCUT2D eigenvalue weighted by atomic mass is 35.7. The molecule has 1 aromatic carbocycles. The third kappa shape index (κ3) is 2.61. The molecule has 1 heterocycles. The fourth-order valence-electron chi connectivity index (χ4n) is 1.53. The summed E-state index contributed by atoms with van der Waals surface area (Å²) in [6.07, 6.45) is 0. The zero-order chi connectivity index (χ0) is 10.9. The van der Waals surface area contributed by atoms with Gasteiger partial charge in [0, 0.05) is 5.41 Å². The minimum atomic E-state index is -2.48. The van der Waals surface area contributed by atoms with Crippen LogP contribution in [0.2, 0.25) is 0 Å². The van der Waals surface area contributed by atoms with Gasteiger partial charge in [0.15, 0.2) is 0 Å². The summed E-state index contributed by atoms with van der Waals surface area (Å²) in [5.41, 5.74) is 1.05. The van der Waals surface area contributed by atoms with Gasteiger partial charge in [-0.25, -0.2) is 0 Å². The van der Waals surface area contributed by atoms with Crippen LogP contribution in [0.4, 0.5) is 0 Å². The number of hydrogen-bond acceptors (Lipinski definition) is 3. The Morgan fingerprint density at radius 2 is 1.80 bits per heavy atom. The molecule has 0 bridgehead atoms. The molecule has 0 atom stereocenters. The van der Waals surface area contributed by atoms with Gasteiger partial charge in [-0.15, -0.1) is 0 Å². The highest BCUT2D eigenvalue weighted by molar-refractivity contribution is 8.22. The Morgan fingerprint density at radius 1 is 1.27 bits per heavy atom. The summed E-state index contributed by atoms with van der Waals surface area (Å²) in [7, 11) is 0. The van der Waals surface area contributed by atoms with Crippen molar-refractivity contribution >= 4 is 28.9 Å². The zero-order valence-electron chi connectivity index (χ0n) is 8.35. The zero-order valence-corrected chi connectivity index (χ0v) is 10.8. The topological polar surface area (TPSA) is 18.5 Å². The van der Waals surface area contributed by atoms with E-state index in [2.05, 4.69) is 19.1 Å². The largest absolute Gasteiger partial charge is 0.317 e. The lowest BCUT2D eigenvalue weighted by Crippen LogP contribution is -2.36. The molecule has 1 aliphatic rings. The van der Waals surface area contributed by atoms with Gasteiger partial charge in [-0.05, 0) is 28.6 Å². The van der Waals surface area contributed by atoms with Crippen LogP contribution in [0.1, 0.15) is 12.5 Å². The van der Waals surface area contributed by atoms with Crippen LogP contribution >= 0.6 is 17.1 Å². The van der Waals surface area contributed by atoms with E-state index in [9.17, 15) is 0 Å². The molecule has 0 aliphatic carbocycles. The van der Waals surface area contributed by atoms with Crippen LogP contribution in [0.15, 0.2) is 30.3 Å². The van der Waals surface area contributed by atoms with Crippen LogP contribution in [0, 0.1) is 0 Å². The van der Waals surface area contributed by atoms with Crippen molar-refractivity contribution in [1.29, 1.82) is 0 Å². The molecule has 0 aromatic heterocycles. The van der Waals surface area contributed by atoms with Gasteiger partial charge in [-0.3, -0.25) is 0 Å². The van der Waals surface area contributed by atoms with Crippen LogP contribution in [0.5, 0.6) is 0 Å². The van der Waals surface area contributed by atoms with E-state index in [1.54, 1.807) is 0 Å². The maximum absolute atomic E-state index is 5.87. The number of halogens is 1. The van der Waals surface area contributed by atoms with Gasteiger partial charge < -0.3 is 9.05 Å². The minimum Gasteiger partial charge on any atom is -0.317 e. The molecule has 0 N–H and O–H groups in total. The first-order valence-electron chi connectivity index (χ1n) is 4.66. The average Bonchev–Trinajstić information content (AvgIpc) is 2.24. The van der Waals surface area contributed by atoms with Gasteiger partial charge in [0.2, 0.25) is 0 Å². The molecular weight excluding hydrogens is 251 g/mol. The van der Waals surface area contributed by atoms with Gasteiger partial charge in [-0.1, -0.05) is 37.3 Å². The van der Waals surface area contributed by atoms with Gasteiger partial charge in [0.05, 0.1) is 13.2 Å². The number of hydrogen-bond donors (Lipinski definition) is 0. The maximum atomic E-state index is 5.87. The summed E-state index contributed by atoms with van der Waals surface area (Å²) >= 11 is 10.8. The average molecular weight is 263 g/mol. The lowest BCUT2D eigenvalue weighted by molar-refractivity contribution is 0.107. The van der Waals surface area contributed by atoms with Gasteiger partial charge >= 0.3 is 0 Å². The molecule has 15 heavy (non-hydrogen) atoms. The molecule has 82 valence electrons. The van der Waals surface area contributed by atoms with Crippen molar-refractivity contribution in [3.63, 3.8) is 0 Å². The molecule has 0 spiro atoms. The normalized spacial score (nSPS) is 36.4. The van der Waals surface area contributed by atoms with Crippen molar-refractivity contribution in [2.45, 2.75) is 12.3 Å². The van der Waals surface area contributed by atoms with Crippen LogP contribution < -0.4 is 0 Å². The quantitative estimate of drug-likeness (QED) is 0.722. The minimum absolute atomic E-state index is 0.140. The lowest BCUT2D eigenvalue weighted by Gasteiger charge is -2.36. The van der Waals surface area contributed by atoms with Crippen molar-refractivity contribution < 1.29 is 9.05 Å². The van der Waals surface area contributed by atoms with Gasteiger partial charge in [-0.2, -0.15) is 0 Å². The third-order valence-electron chi connectivity index (χ3n) is 2.55. The van der Waals surface area contributed by atoms with E-state index in [0.717, 1.165) is 0 Å². The van der Waals surface area contributed by atoms with E-state index in [4.69, 9.17) is 32.1 Å². The van der Waals surface area contributed by atoms with Crippen molar-refractivity contribution in [2.75, 3.05) is 13.2 Å². The molecule has 1 aromatic rings. The molecule has 0 amide bonds. The second-order valence-electron chi connectivity index (χ2n) is 3.90. The Morgan fingerprint density at radius 3 is 2.33 bits per heavy atom. The van der Waals surface area contributed by atoms with Gasteiger partial charge in [0.1, 0.15) is 0 Å². The summed E-state index contributed by atoms with van der Waals surface area (Å²) in [6, 6.07) is 10.1. The summed E-state index contributed by atoms with van der Waals surface area (Å²) in [5.74, 6) is -2.48. The highest BCUT2D eigenvalue weighted by Gasteiger charge is 2.36. The van der Waals surface area contributed by atoms with Crippen molar-refractivity contribution in [2.24, 2.45) is 0 Å². The van der Waals surface area contributed by atoms with Crippen LogP contribution in [0.25, 0.3) is 0 Å². The monoisotopic (exact) mass is 262 g/mol. The third-order valence-corrected chi connectivity index (χ3v) is 4.64. The smallest absolute Gasteiger partial charge is 0.281 e. The summed E-state index contributed by atoms with van der Waals surface area (Å²) in [5, 5.41) is 0. The SMILES string of the molecule is CC1(c2ccccc2)COP(=S)(Cl)OC1. The fraction of sp³-hybridized carbons (Fsp3) is 0.400. The van der Waals surface area contributed by atoms with E-state index < -0.39 is 5.84 Å². The fourth-order valence-corrected chi connectivity index (χ4v) is 3.09. The second-order valence-corrected chi connectivity index (χ2v) is 8.66. The van der Waals surface area contributed by atoms with E-state index in [1.165, 1.54) is 5.56 Å². The number of rotatable bonds is 1. The van der Waals surface area contributed by atoms with E-state index in [-0.39, 0.29) is 5.41 Å². The Kier molecular flexibility index (Phi) is 3.20. The predicted octanol–water partition coefficient (Wildman–Crippen LogP) is 3.45. The lowest BCUT2D eigenvalue weighted by atomic mass is 9.84. The molecule has 1 fully saturated rings. The van der Waals surface area contributed by atoms with Crippen molar-refractivity contribution in [3.8, 4) is 0 Å². The Labute approximate surface area is 99.5 Å². The second kappa shape index (κ2) is 4.15. The van der Waals surface area contributed by atoms with Crippen molar-refractivity contribution in [3.05, 3.63) is 35.9 Å². The standard InChI is InChI=1S/C10H12ClO2PS/c1-10(9-5-3-2-4-6-9)7-12-14(11,15)13-8-10/h2-6H,7-8H2,1H3. The molecule has 1 saturated heterocycles. The molecular formula is C10H12ClO2PS. The Balaban J connectivity index is 2.20. The first kappa shape index (κ1) is 11.6. The molecule has 5 heteroatoms. The molecule has 2 rings (SSSR count). The number of benzene rings is 1. The predicted molar refractivity (Wildman–Crippen MR) is 65.8 cm³/mol. The summed E-state index contributed by atoms with van der Waals surface area (Å²) < 4.78 is 10.8. The van der Waals surface area contributed by atoms with Crippen LogP contribution in [-0.4, -0.2) is 13.2 Å². The highest BCUT2D eigenvalue weighted by Crippen LogP contribution is 2.58. The Bertz CT molecular complexity index is 384. The summed E-state index contributed by atoms with van der Waals surface area (Å²) in [4.78, 5) is 0. The van der Waals surface area contributed by atoms with E-state index in [0.29, 0.717) is 13.2 Å². The first-order chi connectivity index (χ1) is 7.02. The van der Waals surface area contributed by atoms with Crippen molar-refractivity contribution in [1.82, 2.24) is 0 Å². The van der Waals surface area contributed by atoms with Crippen LogP contribution in [0.3, 0.4) is 0 Å². The maximum Gasteiger partial charge on any atom is 0.281 e. The molecule has 2 nitrogen and oxygen atoms in total. The van der Waals surface area contributed by atoms with E-state index >= 15 is 0 Å². The molecule has 0 saturated carbocycles. The Hall–Kier alpha value is 0.0800. The van der Waals surface area contributed by atoms with E-state index in [1.807, 2.05) is 18.2 Å².